The third-order valence-corrected chi connectivity index (χ3v) is 6.46. The molecule has 4 rings (SSSR count). The molecule has 32 heavy (non-hydrogen) atoms. The van der Waals surface area contributed by atoms with Crippen molar-refractivity contribution < 1.29 is 18.7 Å². The highest BCUT2D eigenvalue weighted by Crippen LogP contribution is 2.42. The average molecular weight is 481 g/mol. The lowest BCUT2D eigenvalue weighted by Crippen LogP contribution is -2.48. The van der Waals surface area contributed by atoms with E-state index in [1.807, 2.05) is 0 Å². The Labute approximate surface area is 193 Å². The summed E-state index contributed by atoms with van der Waals surface area (Å²) in [5, 5.41) is 22.1. The Morgan fingerprint density at radius 1 is 1.19 bits per heavy atom. The summed E-state index contributed by atoms with van der Waals surface area (Å²) in [6.07, 6.45) is 2.35. The van der Waals surface area contributed by atoms with Gasteiger partial charge in [0, 0.05) is 0 Å². The zero-order chi connectivity index (χ0) is 22.9. The van der Waals surface area contributed by atoms with Crippen LogP contribution in [0.3, 0.4) is 0 Å². The lowest BCUT2D eigenvalue weighted by molar-refractivity contribution is -0.0445. The van der Waals surface area contributed by atoms with Crippen molar-refractivity contribution in [2.24, 2.45) is 0 Å². The molecule has 1 aliphatic rings. The smallest absolute Gasteiger partial charge is 0.253 e. The quantitative estimate of drug-likeness (QED) is 0.548. The van der Waals surface area contributed by atoms with E-state index in [0.29, 0.717) is 5.69 Å². The summed E-state index contributed by atoms with van der Waals surface area (Å²) in [5.41, 5.74) is -0.687. The number of hydrogen-bond donors (Lipinski definition) is 2. The van der Waals surface area contributed by atoms with Crippen molar-refractivity contribution in [3.63, 3.8) is 0 Å². The van der Waals surface area contributed by atoms with Crippen molar-refractivity contribution in [2.75, 3.05) is 0 Å². The van der Waals surface area contributed by atoms with E-state index in [2.05, 4.69) is 15.5 Å². The van der Waals surface area contributed by atoms with Crippen LogP contribution in [0.15, 0.2) is 48.8 Å². The van der Waals surface area contributed by atoms with Crippen LogP contribution in [0.4, 0.5) is 8.78 Å². The van der Waals surface area contributed by atoms with Crippen LogP contribution in [0.2, 0.25) is 10.0 Å². The van der Waals surface area contributed by atoms with Gasteiger partial charge in [-0.1, -0.05) is 35.3 Å². The highest BCUT2D eigenvalue weighted by molar-refractivity contribution is 6.34. The molecule has 3 aromatic rings. The molecule has 1 aromatic heterocycles. The maximum absolute atomic E-state index is 14.2. The molecule has 1 unspecified atom stereocenters. The molecule has 0 bridgehead atoms. The van der Waals surface area contributed by atoms with Gasteiger partial charge in [0.05, 0.1) is 45.3 Å². The minimum Gasteiger partial charge on any atom is -0.387 e. The fraction of sp³-hybridized carbons (Fsp3) is 0.318. The molecule has 1 amide bonds. The summed E-state index contributed by atoms with van der Waals surface area (Å²) in [7, 11) is 0. The standard InChI is InChI=1S/C22H20Cl2F2N4O2/c23-17-5-4-14(30-27-10-11-28-30)12-16(17)21(31)29-20(15-2-1-3-18(26)19(15)24)22(32)8-6-13(25)7-9-22/h1-5,10-13,20,32H,6-9H2,(H,29,31). The minimum absolute atomic E-state index is 0.0803. The van der Waals surface area contributed by atoms with Crippen molar-refractivity contribution in [3.05, 3.63) is 75.8 Å². The van der Waals surface area contributed by atoms with Crippen LogP contribution in [-0.4, -0.2) is 37.8 Å². The van der Waals surface area contributed by atoms with Crippen LogP contribution < -0.4 is 5.32 Å². The molecule has 6 nitrogen and oxygen atoms in total. The largest absolute Gasteiger partial charge is 0.387 e. The van der Waals surface area contributed by atoms with E-state index in [4.69, 9.17) is 23.2 Å². The third-order valence-electron chi connectivity index (χ3n) is 5.73. The molecule has 1 atom stereocenters. The van der Waals surface area contributed by atoms with Crippen molar-refractivity contribution in [1.82, 2.24) is 20.3 Å². The van der Waals surface area contributed by atoms with E-state index in [-0.39, 0.29) is 46.9 Å². The first kappa shape index (κ1) is 22.6. The number of hydrogen-bond acceptors (Lipinski definition) is 4. The van der Waals surface area contributed by atoms with Gasteiger partial charge in [0.25, 0.3) is 5.91 Å². The monoisotopic (exact) mass is 480 g/mol. The van der Waals surface area contributed by atoms with Gasteiger partial charge in [0.2, 0.25) is 0 Å². The number of alkyl halides is 1. The Hall–Kier alpha value is -2.55. The van der Waals surface area contributed by atoms with Crippen molar-refractivity contribution >= 4 is 29.1 Å². The van der Waals surface area contributed by atoms with Crippen LogP contribution in [0.5, 0.6) is 0 Å². The summed E-state index contributed by atoms with van der Waals surface area (Å²) < 4.78 is 28.0. The molecular formula is C22H20Cl2F2N4O2. The molecule has 2 aromatic carbocycles. The van der Waals surface area contributed by atoms with Gasteiger partial charge in [0.15, 0.2) is 0 Å². The first-order valence-corrected chi connectivity index (χ1v) is 10.8. The van der Waals surface area contributed by atoms with Gasteiger partial charge in [0.1, 0.15) is 12.0 Å². The van der Waals surface area contributed by atoms with Gasteiger partial charge in [-0.2, -0.15) is 15.0 Å². The molecule has 0 aliphatic heterocycles. The number of nitrogens with one attached hydrogen (secondary N) is 1. The second-order valence-electron chi connectivity index (χ2n) is 7.81. The summed E-state index contributed by atoms with van der Waals surface area (Å²) in [6.45, 7) is 0. The number of nitrogens with zero attached hydrogens (tertiary/aromatic N) is 3. The molecule has 1 fully saturated rings. The van der Waals surface area contributed by atoms with E-state index < -0.39 is 29.5 Å². The third kappa shape index (κ3) is 4.48. The van der Waals surface area contributed by atoms with E-state index >= 15 is 0 Å². The van der Waals surface area contributed by atoms with Crippen molar-refractivity contribution in [2.45, 2.75) is 43.5 Å². The highest BCUT2D eigenvalue weighted by Gasteiger charge is 2.43. The number of carbonyl (C=O) groups is 1. The Bertz CT molecular complexity index is 1120. The SMILES string of the molecule is O=C(NC(c1cccc(F)c1Cl)C1(O)CCC(F)CC1)c1cc(-n2nccn2)ccc1Cl. The Kier molecular flexibility index (Phi) is 6.46. The van der Waals surface area contributed by atoms with Gasteiger partial charge in [-0.15, -0.1) is 0 Å². The van der Waals surface area contributed by atoms with E-state index in [0.717, 1.165) is 0 Å². The van der Waals surface area contributed by atoms with Gasteiger partial charge in [-0.3, -0.25) is 4.79 Å². The first-order chi connectivity index (χ1) is 15.3. The second kappa shape index (κ2) is 9.13. The van der Waals surface area contributed by atoms with Crippen molar-refractivity contribution in [1.29, 1.82) is 0 Å². The fourth-order valence-corrected chi connectivity index (χ4v) is 4.42. The minimum atomic E-state index is -1.51. The summed E-state index contributed by atoms with van der Waals surface area (Å²) in [5.74, 6) is -1.29. The molecule has 0 radical (unpaired) electrons. The average Bonchev–Trinajstić information content (AvgIpc) is 3.31. The lowest BCUT2D eigenvalue weighted by atomic mass is 9.76. The number of rotatable bonds is 5. The predicted octanol–water partition coefficient (Wildman–Crippen LogP) is 4.83. The van der Waals surface area contributed by atoms with Gasteiger partial charge >= 0.3 is 0 Å². The molecule has 1 heterocycles. The van der Waals surface area contributed by atoms with E-state index in [1.54, 1.807) is 6.07 Å². The van der Waals surface area contributed by atoms with Crippen LogP contribution in [0.1, 0.15) is 47.6 Å². The number of amides is 1. The number of aliphatic hydroxyl groups is 1. The Balaban J connectivity index is 1.71. The Morgan fingerprint density at radius 2 is 1.88 bits per heavy atom. The van der Waals surface area contributed by atoms with Gasteiger partial charge in [-0.25, -0.2) is 8.78 Å². The number of halogens is 4. The maximum Gasteiger partial charge on any atom is 0.253 e. The molecule has 1 saturated carbocycles. The summed E-state index contributed by atoms with van der Waals surface area (Å²) >= 11 is 12.5. The lowest BCUT2D eigenvalue weighted by Gasteiger charge is -2.41. The van der Waals surface area contributed by atoms with Gasteiger partial charge in [-0.05, 0) is 55.5 Å². The van der Waals surface area contributed by atoms with Crippen LogP contribution in [0.25, 0.3) is 5.69 Å². The summed E-state index contributed by atoms with van der Waals surface area (Å²) in [4.78, 5) is 14.6. The molecular weight excluding hydrogens is 461 g/mol. The second-order valence-corrected chi connectivity index (χ2v) is 8.60. The molecule has 0 spiro atoms. The highest BCUT2D eigenvalue weighted by atomic mass is 35.5. The first-order valence-electron chi connectivity index (χ1n) is 10.1. The molecule has 1 aliphatic carbocycles. The van der Waals surface area contributed by atoms with Gasteiger partial charge < -0.3 is 10.4 Å². The molecule has 168 valence electrons. The van der Waals surface area contributed by atoms with Crippen LogP contribution in [-0.2, 0) is 0 Å². The molecule has 0 saturated heterocycles. The van der Waals surface area contributed by atoms with Crippen LogP contribution in [0, 0.1) is 5.82 Å². The van der Waals surface area contributed by atoms with Crippen LogP contribution >= 0.6 is 23.2 Å². The predicted molar refractivity (Wildman–Crippen MR) is 116 cm³/mol. The van der Waals surface area contributed by atoms with Crippen molar-refractivity contribution in [3.8, 4) is 5.69 Å². The van der Waals surface area contributed by atoms with E-state index in [9.17, 15) is 18.7 Å². The fourth-order valence-electron chi connectivity index (χ4n) is 3.99. The Morgan fingerprint density at radius 3 is 2.56 bits per heavy atom. The molecule has 2 N–H and O–H groups in total. The number of carbonyl (C=O) groups excluding carboxylic acids is 1. The zero-order valence-corrected chi connectivity index (χ0v) is 18.3. The topological polar surface area (TPSA) is 80.0 Å². The normalized spacial score (nSPS) is 21.8. The summed E-state index contributed by atoms with van der Waals surface area (Å²) in [6, 6.07) is 7.76. The molecule has 10 heteroatoms. The maximum atomic E-state index is 14.2. The number of aromatic nitrogens is 3. The zero-order valence-electron chi connectivity index (χ0n) is 16.8. The number of benzene rings is 2. The van der Waals surface area contributed by atoms with E-state index in [1.165, 1.54) is 47.5 Å².